The van der Waals surface area contributed by atoms with Crippen molar-refractivity contribution >= 4 is 21.8 Å². The Morgan fingerprint density at radius 2 is 1.73 bits per heavy atom. The van der Waals surface area contributed by atoms with E-state index < -0.39 is 9.84 Å². The standard InChI is InChI=1S/C20H21N3O6S/c1-4-30(25,26)15-8-6-14(7-9-15)19-22-23-20(29-19)21-18(24)12-13-5-10-16(27-2)17(11-13)28-3/h5-11H,4,12H2,1-3H3,(H,21,23,24). The van der Waals surface area contributed by atoms with Crippen molar-refractivity contribution in [1.82, 2.24) is 10.2 Å². The highest BCUT2D eigenvalue weighted by Gasteiger charge is 2.15. The minimum absolute atomic E-state index is 0.0170. The predicted molar refractivity (Wildman–Crippen MR) is 109 cm³/mol. The summed E-state index contributed by atoms with van der Waals surface area (Å²) >= 11 is 0. The molecule has 2 aromatic carbocycles. The van der Waals surface area contributed by atoms with Crippen LogP contribution >= 0.6 is 0 Å². The van der Waals surface area contributed by atoms with E-state index in [2.05, 4.69) is 15.5 Å². The normalized spacial score (nSPS) is 11.2. The van der Waals surface area contributed by atoms with Crippen LogP contribution in [0.2, 0.25) is 0 Å². The summed E-state index contributed by atoms with van der Waals surface area (Å²) in [5, 5.41) is 10.2. The highest BCUT2D eigenvalue weighted by Crippen LogP contribution is 2.28. The second kappa shape index (κ2) is 8.95. The molecule has 3 rings (SSSR count). The van der Waals surface area contributed by atoms with Gasteiger partial charge in [-0.1, -0.05) is 18.1 Å². The maximum Gasteiger partial charge on any atom is 0.322 e. The van der Waals surface area contributed by atoms with Gasteiger partial charge in [0.05, 0.1) is 31.3 Å². The van der Waals surface area contributed by atoms with Crippen molar-refractivity contribution in [2.75, 3.05) is 25.3 Å². The molecule has 0 atom stereocenters. The molecule has 0 saturated carbocycles. The Hall–Kier alpha value is -3.40. The van der Waals surface area contributed by atoms with Crippen LogP contribution in [0.25, 0.3) is 11.5 Å². The molecule has 158 valence electrons. The largest absolute Gasteiger partial charge is 0.493 e. The number of methoxy groups -OCH3 is 2. The number of amides is 1. The van der Waals surface area contributed by atoms with Gasteiger partial charge in [-0.2, -0.15) is 0 Å². The first-order chi connectivity index (χ1) is 14.4. The van der Waals surface area contributed by atoms with Gasteiger partial charge in [0.25, 0.3) is 0 Å². The number of carbonyl (C=O) groups excluding carboxylic acids is 1. The molecule has 1 heterocycles. The third kappa shape index (κ3) is 4.77. The van der Waals surface area contributed by atoms with Crippen LogP contribution in [0.1, 0.15) is 12.5 Å². The molecular formula is C20H21N3O6S. The first-order valence-corrected chi connectivity index (χ1v) is 10.7. The SMILES string of the molecule is CCS(=O)(=O)c1ccc(-c2nnc(NC(=O)Cc3ccc(OC)c(OC)c3)o2)cc1. The van der Waals surface area contributed by atoms with Gasteiger partial charge < -0.3 is 13.9 Å². The Bertz CT molecular complexity index is 1140. The summed E-state index contributed by atoms with van der Waals surface area (Å²) in [7, 11) is -0.233. The van der Waals surface area contributed by atoms with E-state index in [9.17, 15) is 13.2 Å². The van der Waals surface area contributed by atoms with Gasteiger partial charge in [-0.15, -0.1) is 5.10 Å². The van der Waals surface area contributed by atoms with Crippen LogP contribution in [0, 0.1) is 0 Å². The highest BCUT2D eigenvalue weighted by molar-refractivity contribution is 7.91. The summed E-state index contributed by atoms with van der Waals surface area (Å²) in [6.07, 6.45) is 0.0711. The van der Waals surface area contributed by atoms with Crippen molar-refractivity contribution in [1.29, 1.82) is 0 Å². The Balaban J connectivity index is 1.67. The molecule has 3 aromatic rings. The topological polar surface area (TPSA) is 121 Å². The quantitative estimate of drug-likeness (QED) is 0.578. The van der Waals surface area contributed by atoms with Crippen LogP contribution in [-0.4, -0.2) is 44.5 Å². The molecule has 0 saturated heterocycles. The molecule has 0 fully saturated rings. The third-order valence-corrected chi connectivity index (χ3v) is 6.07. The number of nitrogens with zero attached hydrogens (tertiary/aromatic N) is 2. The number of anilines is 1. The van der Waals surface area contributed by atoms with Gasteiger partial charge in [-0.25, -0.2) is 8.42 Å². The number of ether oxygens (including phenoxy) is 2. The number of sulfone groups is 1. The van der Waals surface area contributed by atoms with Crippen molar-refractivity contribution in [2.24, 2.45) is 0 Å². The lowest BCUT2D eigenvalue weighted by molar-refractivity contribution is -0.115. The van der Waals surface area contributed by atoms with Crippen LogP contribution in [0.15, 0.2) is 51.8 Å². The minimum atomic E-state index is -3.29. The lowest BCUT2D eigenvalue weighted by atomic mass is 10.1. The summed E-state index contributed by atoms with van der Waals surface area (Å²) in [4.78, 5) is 12.5. The van der Waals surface area contributed by atoms with Gasteiger partial charge in [0.15, 0.2) is 21.3 Å². The predicted octanol–water partition coefficient (Wildman–Crippen LogP) is 2.73. The molecule has 0 aliphatic rings. The van der Waals surface area contributed by atoms with E-state index in [1.54, 1.807) is 37.3 Å². The van der Waals surface area contributed by atoms with Gasteiger partial charge in [0.1, 0.15) is 0 Å². The van der Waals surface area contributed by atoms with E-state index >= 15 is 0 Å². The van der Waals surface area contributed by atoms with Crippen molar-refractivity contribution in [3.05, 3.63) is 48.0 Å². The van der Waals surface area contributed by atoms with Gasteiger partial charge in [-0.3, -0.25) is 10.1 Å². The average Bonchev–Trinajstić information content (AvgIpc) is 3.22. The van der Waals surface area contributed by atoms with Crippen LogP contribution in [0.3, 0.4) is 0 Å². The number of hydrogen-bond acceptors (Lipinski definition) is 8. The summed E-state index contributed by atoms with van der Waals surface area (Å²) in [5.74, 6) is 0.930. The number of nitrogens with one attached hydrogen (secondary N) is 1. The second-order valence-electron chi connectivity index (χ2n) is 6.25. The Morgan fingerprint density at radius 1 is 1.03 bits per heavy atom. The molecule has 0 spiro atoms. The average molecular weight is 431 g/mol. The van der Waals surface area contributed by atoms with Crippen LogP contribution in [0.5, 0.6) is 11.5 Å². The first kappa shape index (κ1) is 21.3. The molecule has 0 bridgehead atoms. The Morgan fingerprint density at radius 3 is 2.37 bits per heavy atom. The molecular weight excluding hydrogens is 410 g/mol. The number of rotatable bonds is 8. The zero-order chi connectivity index (χ0) is 21.7. The molecule has 1 aromatic heterocycles. The van der Waals surface area contributed by atoms with Crippen molar-refractivity contribution in [3.63, 3.8) is 0 Å². The fourth-order valence-electron chi connectivity index (χ4n) is 2.70. The molecule has 10 heteroatoms. The number of aromatic nitrogens is 2. The molecule has 1 N–H and O–H groups in total. The number of hydrogen-bond donors (Lipinski definition) is 1. The third-order valence-electron chi connectivity index (χ3n) is 4.32. The zero-order valence-corrected chi connectivity index (χ0v) is 17.5. The summed E-state index contributed by atoms with van der Waals surface area (Å²) in [6, 6.07) is 11.2. The fraction of sp³-hybridized carbons (Fsp3) is 0.250. The number of carbonyl (C=O) groups is 1. The maximum atomic E-state index is 12.3. The molecule has 0 radical (unpaired) electrons. The van der Waals surface area contributed by atoms with Crippen molar-refractivity contribution < 1.29 is 27.1 Å². The number of benzene rings is 2. The lowest BCUT2D eigenvalue weighted by Gasteiger charge is -2.09. The molecule has 0 aliphatic carbocycles. The van der Waals surface area contributed by atoms with Crippen LogP contribution in [-0.2, 0) is 21.1 Å². The van der Waals surface area contributed by atoms with Crippen molar-refractivity contribution in [2.45, 2.75) is 18.2 Å². The van der Waals surface area contributed by atoms with Gasteiger partial charge in [0, 0.05) is 5.56 Å². The first-order valence-electron chi connectivity index (χ1n) is 9.03. The van der Waals surface area contributed by atoms with Gasteiger partial charge in [-0.05, 0) is 42.0 Å². The van der Waals surface area contributed by atoms with Crippen molar-refractivity contribution in [3.8, 4) is 23.0 Å². The lowest BCUT2D eigenvalue weighted by Crippen LogP contribution is -2.14. The second-order valence-corrected chi connectivity index (χ2v) is 8.53. The summed E-state index contributed by atoms with van der Waals surface area (Å²) < 4.78 is 39.6. The monoisotopic (exact) mass is 431 g/mol. The minimum Gasteiger partial charge on any atom is -0.493 e. The molecule has 30 heavy (non-hydrogen) atoms. The maximum absolute atomic E-state index is 12.3. The molecule has 0 unspecified atom stereocenters. The van der Waals surface area contributed by atoms with Gasteiger partial charge >= 0.3 is 6.01 Å². The van der Waals surface area contributed by atoms with E-state index in [0.29, 0.717) is 17.1 Å². The highest BCUT2D eigenvalue weighted by atomic mass is 32.2. The fourth-order valence-corrected chi connectivity index (χ4v) is 3.59. The Labute approximate surface area is 174 Å². The van der Waals surface area contributed by atoms with Gasteiger partial charge in [0.2, 0.25) is 11.8 Å². The van der Waals surface area contributed by atoms with E-state index in [-0.39, 0.29) is 34.9 Å². The summed E-state index contributed by atoms with van der Waals surface area (Å²) in [6.45, 7) is 1.58. The summed E-state index contributed by atoms with van der Waals surface area (Å²) in [5.41, 5.74) is 1.26. The van der Waals surface area contributed by atoms with E-state index in [1.807, 2.05) is 0 Å². The molecule has 9 nitrogen and oxygen atoms in total. The van der Waals surface area contributed by atoms with E-state index in [4.69, 9.17) is 13.9 Å². The van der Waals surface area contributed by atoms with Crippen LogP contribution in [0.4, 0.5) is 6.01 Å². The van der Waals surface area contributed by atoms with E-state index in [0.717, 1.165) is 5.56 Å². The molecule has 1 amide bonds. The smallest absolute Gasteiger partial charge is 0.322 e. The van der Waals surface area contributed by atoms with E-state index in [1.165, 1.54) is 26.4 Å². The Kier molecular flexibility index (Phi) is 6.36. The molecule has 0 aliphatic heterocycles. The zero-order valence-electron chi connectivity index (χ0n) is 16.7. The van der Waals surface area contributed by atoms with Crippen LogP contribution < -0.4 is 14.8 Å².